The number of aromatic nitrogens is 2. The Hall–Kier alpha value is -1.93. The molecule has 0 bridgehead atoms. The monoisotopic (exact) mass is 420 g/mol. The van der Waals surface area contributed by atoms with Crippen molar-refractivity contribution in [3.63, 3.8) is 0 Å². The Morgan fingerprint density at radius 2 is 2.17 bits per heavy atom. The summed E-state index contributed by atoms with van der Waals surface area (Å²) in [6.07, 6.45) is 3.67. The lowest BCUT2D eigenvalue weighted by atomic mass is 9.97. The van der Waals surface area contributed by atoms with E-state index in [9.17, 15) is 9.59 Å². The van der Waals surface area contributed by atoms with Gasteiger partial charge in [-0.05, 0) is 59.9 Å². The molecule has 1 amide bonds. The van der Waals surface area contributed by atoms with Gasteiger partial charge in [-0.2, -0.15) is 0 Å². The maximum absolute atomic E-state index is 12.6. The number of carbonyl (C=O) groups excluding carboxylic acids is 1. The van der Waals surface area contributed by atoms with E-state index in [0.29, 0.717) is 19.0 Å². The first-order valence-corrected chi connectivity index (χ1v) is 11.2. The van der Waals surface area contributed by atoms with Crippen LogP contribution >= 0.6 is 11.3 Å². The predicted molar refractivity (Wildman–Crippen MR) is 115 cm³/mol. The van der Waals surface area contributed by atoms with Crippen molar-refractivity contribution in [2.45, 2.75) is 65.6 Å². The number of likely N-dealkylation sites (tertiary alicyclic amines) is 1. The fourth-order valence-electron chi connectivity index (χ4n) is 3.74. The van der Waals surface area contributed by atoms with Crippen LogP contribution in [0.15, 0.2) is 22.4 Å². The van der Waals surface area contributed by atoms with Crippen LogP contribution in [0.3, 0.4) is 0 Å². The minimum absolute atomic E-state index is 0.0317. The van der Waals surface area contributed by atoms with Crippen LogP contribution in [0.25, 0.3) is 4.96 Å². The highest BCUT2D eigenvalue weighted by Crippen LogP contribution is 2.22. The molecule has 8 heteroatoms. The molecule has 3 heterocycles. The second kappa shape index (κ2) is 8.83. The predicted octanol–water partition coefficient (Wildman–Crippen LogP) is 3.61. The quantitative estimate of drug-likeness (QED) is 0.739. The summed E-state index contributed by atoms with van der Waals surface area (Å²) in [5.41, 5.74) is 0.282. The second-order valence-corrected chi connectivity index (χ2v) is 9.98. The van der Waals surface area contributed by atoms with E-state index in [1.165, 1.54) is 11.3 Å². The van der Waals surface area contributed by atoms with E-state index >= 15 is 0 Å². The molecule has 0 saturated carbocycles. The van der Waals surface area contributed by atoms with Crippen LogP contribution < -0.4 is 5.56 Å². The summed E-state index contributed by atoms with van der Waals surface area (Å²) in [7, 11) is 0. The molecule has 1 aliphatic heterocycles. The maximum Gasteiger partial charge on any atom is 0.410 e. The Balaban J connectivity index is 1.64. The molecule has 29 heavy (non-hydrogen) atoms. The molecule has 1 aliphatic rings. The Labute approximate surface area is 176 Å². The molecule has 1 fully saturated rings. The summed E-state index contributed by atoms with van der Waals surface area (Å²) in [5, 5.41) is 1.88. The molecule has 0 aromatic carbocycles. The third-order valence-corrected chi connectivity index (χ3v) is 5.81. The Morgan fingerprint density at radius 1 is 1.41 bits per heavy atom. The Bertz CT molecular complexity index is 899. The van der Waals surface area contributed by atoms with Crippen LogP contribution in [0.4, 0.5) is 4.79 Å². The van der Waals surface area contributed by atoms with Gasteiger partial charge in [0.15, 0.2) is 4.96 Å². The van der Waals surface area contributed by atoms with Crippen LogP contribution in [-0.4, -0.2) is 56.6 Å². The van der Waals surface area contributed by atoms with Gasteiger partial charge in [0, 0.05) is 43.3 Å². The van der Waals surface area contributed by atoms with Gasteiger partial charge in [0.1, 0.15) is 5.60 Å². The molecule has 1 unspecified atom stereocenters. The van der Waals surface area contributed by atoms with Gasteiger partial charge in [-0.15, -0.1) is 11.3 Å². The molecule has 7 nitrogen and oxygen atoms in total. The van der Waals surface area contributed by atoms with Gasteiger partial charge in [-0.25, -0.2) is 9.78 Å². The van der Waals surface area contributed by atoms with Crippen molar-refractivity contribution in [2.24, 2.45) is 5.92 Å². The Morgan fingerprint density at radius 3 is 2.86 bits per heavy atom. The molecule has 2 aromatic rings. The van der Waals surface area contributed by atoms with Crippen molar-refractivity contribution >= 4 is 22.4 Å². The second-order valence-electron chi connectivity index (χ2n) is 9.11. The number of fused-ring (bicyclic) bond motifs is 1. The smallest absolute Gasteiger partial charge is 0.410 e. The van der Waals surface area contributed by atoms with E-state index in [0.717, 1.165) is 36.6 Å². The normalized spacial score (nSPS) is 18.3. The number of hydrogen-bond acceptors (Lipinski definition) is 6. The van der Waals surface area contributed by atoms with Gasteiger partial charge in [-0.3, -0.25) is 14.1 Å². The van der Waals surface area contributed by atoms with Crippen molar-refractivity contribution < 1.29 is 9.53 Å². The largest absolute Gasteiger partial charge is 0.444 e. The summed E-state index contributed by atoms with van der Waals surface area (Å²) in [6, 6.07) is 1.72. The summed E-state index contributed by atoms with van der Waals surface area (Å²) >= 11 is 1.47. The molecule has 0 N–H and O–H groups in total. The van der Waals surface area contributed by atoms with Gasteiger partial charge in [0.25, 0.3) is 5.56 Å². The zero-order valence-electron chi connectivity index (χ0n) is 18.1. The zero-order valence-corrected chi connectivity index (χ0v) is 18.9. The van der Waals surface area contributed by atoms with Gasteiger partial charge in [-0.1, -0.05) is 0 Å². The van der Waals surface area contributed by atoms with E-state index in [-0.39, 0.29) is 17.7 Å². The number of amides is 1. The highest BCUT2D eigenvalue weighted by atomic mass is 32.1. The molecular weight excluding hydrogens is 388 g/mol. The van der Waals surface area contributed by atoms with Crippen molar-refractivity contribution in [2.75, 3.05) is 19.6 Å². The van der Waals surface area contributed by atoms with Crippen LogP contribution in [0, 0.1) is 5.92 Å². The SMILES string of the molecule is CC(C)N(CC1CCCN(Cc2cc(=O)n3ccsc3n2)C1)C(=O)OC(C)(C)C. The van der Waals surface area contributed by atoms with Gasteiger partial charge in [0.05, 0.1) is 5.69 Å². The number of ether oxygens (including phenoxy) is 1. The van der Waals surface area contributed by atoms with E-state index in [4.69, 9.17) is 4.74 Å². The average Bonchev–Trinajstić information content (AvgIpc) is 3.07. The van der Waals surface area contributed by atoms with E-state index in [1.807, 2.05) is 44.9 Å². The molecular formula is C21H32N4O3S. The minimum Gasteiger partial charge on any atom is -0.444 e. The molecule has 3 rings (SSSR count). The number of nitrogens with zero attached hydrogens (tertiary/aromatic N) is 4. The van der Waals surface area contributed by atoms with Crippen LogP contribution in [0.2, 0.25) is 0 Å². The Kier molecular flexibility index (Phi) is 6.63. The lowest BCUT2D eigenvalue weighted by Gasteiger charge is -2.37. The highest BCUT2D eigenvalue weighted by molar-refractivity contribution is 7.15. The van der Waals surface area contributed by atoms with E-state index in [1.54, 1.807) is 16.7 Å². The molecule has 1 saturated heterocycles. The third-order valence-electron chi connectivity index (χ3n) is 5.05. The summed E-state index contributed by atoms with van der Waals surface area (Å²) in [4.78, 5) is 34.4. The number of rotatable bonds is 5. The van der Waals surface area contributed by atoms with Crippen molar-refractivity contribution in [3.05, 3.63) is 33.7 Å². The third kappa shape index (κ3) is 5.79. The number of hydrogen-bond donors (Lipinski definition) is 0. The van der Waals surface area contributed by atoms with Crippen molar-refractivity contribution in [1.82, 2.24) is 19.2 Å². The summed E-state index contributed by atoms with van der Waals surface area (Å²) < 4.78 is 7.18. The maximum atomic E-state index is 12.6. The lowest BCUT2D eigenvalue weighted by molar-refractivity contribution is 0.0117. The van der Waals surface area contributed by atoms with Crippen molar-refractivity contribution in [3.8, 4) is 0 Å². The molecule has 0 radical (unpaired) electrons. The first-order chi connectivity index (χ1) is 13.6. The molecule has 1 atom stereocenters. The minimum atomic E-state index is -0.497. The van der Waals surface area contributed by atoms with Gasteiger partial charge < -0.3 is 9.64 Å². The molecule has 2 aromatic heterocycles. The van der Waals surface area contributed by atoms with E-state index < -0.39 is 5.60 Å². The standard InChI is InChI=1S/C21H32N4O3S/c1-15(2)25(20(27)28-21(3,4)5)13-16-7-6-8-23(12-16)14-17-11-18(26)24-9-10-29-19(24)22-17/h9-11,15-16H,6-8,12-14H2,1-5H3. The van der Waals surface area contributed by atoms with Gasteiger partial charge >= 0.3 is 6.09 Å². The number of piperidine rings is 1. The number of carbonyl (C=O) groups is 1. The fourth-order valence-corrected chi connectivity index (χ4v) is 4.48. The van der Waals surface area contributed by atoms with Crippen LogP contribution in [0.5, 0.6) is 0 Å². The fraction of sp³-hybridized carbons (Fsp3) is 0.667. The highest BCUT2D eigenvalue weighted by Gasteiger charge is 2.29. The summed E-state index contributed by atoms with van der Waals surface area (Å²) in [5.74, 6) is 0.380. The van der Waals surface area contributed by atoms with Gasteiger partial charge in [0.2, 0.25) is 0 Å². The van der Waals surface area contributed by atoms with Crippen LogP contribution in [0.1, 0.15) is 53.2 Å². The number of thiazole rings is 1. The van der Waals surface area contributed by atoms with Crippen LogP contribution in [-0.2, 0) is 11.3 Å². The summed E-state index contributed by atoms with van der Waals surface area (Å²) in [6.45, 7) is 12.9. The molecule has 160 valence electrons. The first-order valence-electron chi connectivity index (χ1n) is 10.3. The first kappa shape index (κ1) is 21.8. The molecule has 0 aliphatic carbocycles. The van der Waals surface area contributed by atoms with Crippen molar-refractivity contribution in [1.29, 1.82) is 0 Å². The van der Waals surface area contributed by atoms with E-state index in [2.05, 4.69) is 9.88 Å². The molecule has 0 spiro atoms. The topological polar surface area (TPSA) is 67.2 Å². The lowest BCUT2D eigenvalue weighted by Crippen LogP contribution is -2.47. The zero-order chi connectivity index (χ0) is 21.2. The average molecular weight is 421 g/mol.